The Balaban J connectivity index is 1.93. The summed E-state index contributed by atoms with van der Waals surface area (Å²) in [5.41, 5.74) is 1.32. The molecular formula is C29H39N3O6S. The van der Waals surface area contributed by atoms with Crippen LogP contribution in [-0.2, 0) is 26.2 Å². The molecule has 1 aliphatic rings. The second-order valence-corrected chi connectivity index (χ2v) is 11.9. The zero-order valence-electron chi connectivity index (χ0n) is 23.2. The third-order valence-corrected chi connectivity index (χ3v) is 8.21. The van der Waals surface area contributed by atoms with Gasteiger partial charge in [-0.05, 0) is 56.0 Å². The van der Waals surface area contributed by atoms with E-state index in [9.17, 15) is 22.8 Å². The number of amides is 2. The number of rotatable bonds is 12. The second-order valence-electron chi connectivity index (χ2n) is 10.0. The SMILES string of the molecule is CC[C@H](C(=O)NC1CCCCC1)N(Cc1ccc(OC)cc1)C(=O)CN(c1cccc(C(C)=O)c1)S(C)(=O)=O. The van der Waals surface area contributed by atoms with Crippen LogP contribution in [0.25, 0.3) is 0 Å². The highest BCUT2D eigenvalue weighted by Gasteiger charge is 2.33. The number of sulfonamides is 1. The number of Topliss-reactive ketones (excluding diaryl/α,β-unsaturated/α-hetero) is 1. The smallest absolute Gasteiger partial charge is 0.244 e. The molecule has 1 aliphatic carbocycles. The minimum atomic E-state index is -3.89. The Morgan fingerprint density at radius 3 is 2.28 bits per heavy atom. The number of carbonyl (C=O) groups is 3. The summed E-state index contributed by atoms with van der Waals surface area (Å²) in [6, 6.07) is 12.6. The number of nitrogens with one attached hydrogen (secondary N) is 1. The third-order valence-electron chi connectivity index (χ3n) is 7.07. The van der Waals surface area contributed by atoms with Crippen molar-refractivity contribution in [1.82, 2.24) is 10.2 Å². The number of hydrogen-bond acceptors (Lipinski definition) is 6. The first-order valence-corrected chi connectivity index (χ1v) is 15.2. The fourth-order valence-electron chi connectivity index (χ4n) is 4.89. The highest BCUT2D eigenvalue weighted by molar-refractivity contribution is 7.92. The van der Waals surface area contributed by atoms with E-state index in [-0.39, 0.29) is 30.0 Å². The number of nitrogens with zero attached hydrogens (tertiary/aromatic N) is 2. The highest BCUT2D eigenvalue weighted by Crippen LogP contribution is 2.23. The van der Waals surface area contributed by atoms with Crippen LogP contribution in [0.1, 0.15) is 68.3 Å². The van der Waals surface area contributed by atoms with Crippen molar-refractivity contribution in [3.63, 3.8) is 0 Å². The lowest BCUT2D eigenvalue weighted by molar-refractivity contribution is -0.140. The van der Waals surface area contributed by atoms with Crippen molar-refractivity contribution in [3.05, 3.63) is 59.7 Å². The monoisotopic (exact) mass is 557 g/mol. The number of benzene rings is 2. The molecular weight excluding hydrogens is 518 g/mol. The van der Waals surface area contributed by atoms with Crippen LogP contribution in [0.2, 0.25) is 0 Å². The van der Waals surface area contributed by atoms with Crippen molar-refractivity contribution < 1.29 is 27.5 Å². The molecule has 2 aromatic carbocycles. The first-order chi connectivity index (χ1) is 18.5. The predicted molar refractivity (Wildman–Crippen MR) is 151 cm³/mol. The highest BCUT2D eigenvalue weighted by atomic mass is 32.2. The summed E-state index contributed by atoms with van der Waals surface area (Å²) in [5, 5.41) is 3.12. The molecule has 0 heterocycles. The molecule has 0 saturated heterocycles. The number of ether oxygens (including phenoxy) is 1. The van der Waals surface area contributed by atoms with E-state index in [2.05, 4.69) is 5.32 Å². The van der Waals surface area contributed by atoms with Crippen molar-refractivity contribution >= 4 is 33.3 Å². The molecule has 0 unspecified atom stereocenters. The molecule has 0 aliphatic heterocycles. The topological polar surface area (TPSA) is 113 Å². The normalized spacial score (nSPS) is 14.8. The summed E-state index contributed by atoms with van der Waals surface area (Å²) >= 11 is 0. The van der Waals surface area contributed by atoms with Gasteiger partial charge in [0.1, 0.15) is 18.3 Å². The van der Waals surface area contributed by atoms with Crippen LogP contribution in [0.3, 0.4) is 0 Å². The van der Waals surface area contributed by atoms with Gasteiger partial charge in [-0.2, -0.15) is 0 Å². The van der Waals surface area contributed by atoms with Crippen LogP contribution >= 0.6 is 0 Å². The Morgan fingerprint density at radius 1 is 1.05 bits per heavy atom. The molecule has 1 N–H and O–H groups in total. The molecule has 10 heteroatoms. The lowest BCUT2D eigenvalue weighted by Gasteiger charge is -2.34. The van der Waals surface area contributed by atoms with Crippen molar-refractivity contribution in [3.8, 4) is 5.75 Å². The Hall–Kier alpha value is -3.40. The van der Waals surface area contributed by atoms with Crippen molar-refractivity contribution in [2.24, 2.45) is 0 Å². The molecule has 39 heavy (non-hydrogen) atoms. The number of ketones is 1. The molecule has 3 rings (SSSR count). The Morgan fingerprint density at radius 2 is 1.72 bits per heavy atom. The van der Waals surface area contributed by atoms with Crippen molar-refractivity contribution in [1.29, 1.82) is 0 Å². The molecule has 1 fully saturated rings. The molecule has 1 saturated carbocycles. The van der Waals surface area contributed by atoms with Crippen LogP contribution in [0.5, 0.6) is 5.75 Å². The summed E-state index contributed by atoms with van der Waals surface area (Å²) in [6.45, 7) is 2.83. The van der Waals surface area contributed by atoms with Gasteiger partial charge in [-0.25, -0.2) is 8.42 Å². The van der Waals surface area contributed by atoms with Gasteiger partial charge in [-0.1, -0.05) is 50.5 Å². The number of anilines is 1. The average molecular weight is 558 g/mol. The summed E-state index contributed by atoms with van der Waals surface area (Å²) < 4.78 is 31.8. The van der Waals surface area contributed by atoms with E-state index in [0.29, 0.717) is 17.7 Å². The summed E-state index contributed by atoms with van der Waals surface area (Å²) in [5.74, 6) is -0.318. The number of hydrogen-bond donors (Lipinski definition) is 1. The number of methoxy groups -OCH3 is 1. The number of carbonyl (C=O) groups excluding carboxylic acids is 3. The molecule has 2 aromatic rings. The minimum absolute atomic E-state index is 0.0695. The zero-order valence-corrected chi connectivity index (χ0v) is 24.0. The average Bonchev–Trinajstić information content (AvgIpc) is 2.91. The molecule has 212 valence electrons. The van der Waals surface area contributed by atoms with Gasteiger partial charge in [0.15, 0.2) is 5.78 Å². The van der Waals surface area contributed by atoms with E-state index in [0.717, 1.165) is 48.2 Å². The van der Waals surface area contributed by atoms with E-state index in [4.69, 9.17) is 4.74 Å². The summed E-state index contributed by atoms with van der Waals surface area (Å²) in [4.78, 5) is 40.7. The van der Waals surface area contributed by atoms with Crippen LogP contribution < -0.4 is 14.4 Å². The maximum Gasteiger partial charge on any atom is 0.244 e. The molecule has 9 nitrogen and oxygen atoms in total. The Labute approximate surface area is 231 Å². The maximum absolute atomic E-state index is 13.9. The van der Waals surface area contributed by atoms with Gasteiger partial charge in [-0.15, -0.1) is 0 Å². The van der Waals surface area contributed by atoms with Gasteiger partial charge in [-0.3, -0.25) is 18.7 Å². The molecule has 0 bridgehead atoms. The fourth-order valence-corrected chi connectivity index (χ4v) is 5.73. The molecule has 0 aromatic heterocycles. The van der Waals surface area contributed by atoms with E-state index >= 15 is 0 Å². The first kappa shape index (κ1) is 30.1. The van der Waals surface area contributed by atoms with Crippen LogP contribution in [0, 0.1) is 0 Å². The van der Waals surface area contributed by atoms with E-state index in [1.807, 2.05) is 19.1 Å². The van der Waals surface area contributed by atoms with Gasteiger partial charge in [0.25, 0.3) is 0 Å². The van der Waals surface area contributed by atoms with Gasteiger partial charge < -0.3 is 15.0 Å². The first-order valence-electron chi connectivity index (χ1n) is 13.3. The Kier molecular flexibility index (Phi) is 10.5. The Bertz CT molecular complexity index is 1260. The van der Waals surface area contributed by atoms with Crippen LogP contribution in [-0.4, -0.2) is 62.9 Å². The largest absolute Gasteiger partial charge is 0.497 e. The van der Waals surface area contributed by atoms with Gasteiger partial charge >= 0.3 is 0 Å². The summed E-state index contributed by atoms with van der Waals surface area (Å²) in [6.07, 6.45) is 6.45. The van der Waals surface area contributed by atoms with Crippen LogP contribution in [0.15, 0.2) is 48.5 Å². The van der Waals surface area contributed by atoms with E-state index in [1.165, 1.54) is 17.9 Å². The van der Waals surface area contributed by atoms with Crippen molar-refractivity contribution in [2.45, 2.75) is 71.0 Å². The molecule has 2 amide bonds. The van der Waals surface area contributed by atoms with Gasteiger partial charge in [0.05, 0.1) is 19.1 Å². The lowest BCUT2D eigenvalue weighted by atomic mass is 9.95. The molecule has 0 radical (unpaired) electrons. The minimum Gasteiger partial charge on any atom is -0.497 e. The fraction of sp³-hybridized carbons (Fsp3) is 0.483. The van der Waals surface area contributed by atoms with Crippen LogP contribution in [0.4, 0.5) is 5.69 Å². The van der Waals surface area contributed by atoms with Gasteiger partial charge in [0.2, 0.25) is 21.8 Å². The van der Waals surface area contributed by atoms with E-state index in [1.54, 1.807) is 37.4 Å². The maximum atomic E-state index is 13.9. The predicted octanol–water partition coefficient (Wildman–Crippen LogP) is 3.92. The summed E-state index contributed by atoms with van der Waals surface area (Å²) in [7, 11) is -2.32. The molecule has 1 atom stereocenters. The second kappa shape index (κ2) is 13.6. The standard InChI is InChI=1S/C29H39N3O6S/c1-5-27(29(35)30-24-11-7-6-8-12-24)31(19-22-14-16-26(38-3)17-15-22)28(34)20-32(39(4,36)37)25-13-9-10-23(18-25)21(2)33/h9-10,13-18,24,27H,5-8,11-12,19-20H2,1-4H3,(H,30,35)/t27-/m1/s1. The zero-order chi connectivity index (χ0) is 28.6. The van der Waals surface area contributed by atoms with E-state index < -0.39 is 28.5 Å². The lowest BCUT2D eigenvalue weighted by Crippen LogP contribution is -2.53. The third kappa shape index (κ3) is 8.29. The molecule has 0 spiro atoms. The van der Waals surface area contributed by atoms with Crippen molar-refractivity contribution in [2.75, 3.05) is 24.2 Å². The quantitative estimate of drug-likeness (QED) is 0.396. The van der Waals surface area contributed by atoms with Gasteiger partial charge in [0, 0.05) is 18.2 Å².